The highest BCUT2D eigenvalue weighted by atomic mass is 32.2. The van der Waals surface area contributed by atoms with E-state index < -0.39 is 11.6 Å². The highest BCUT2D eigenvalue weighted by molar-refractivity contribution is 7.99. The Labute approximate surface area is 153 Å². The van der Waals surface area contributed by atoms with Gasteiger partial charge in [0.2, 0.25) is 0 Å². The van der Waals surface area contributed by atoms with Crippen molar-refractivity contribution in [3.8, 4) is 11.4 Å². The fourth-order valence-electron chi connectivity index (χ4n) is 2.90. The molecule has 1 heterocycles. The molecule has 0 bridgehead atoms. The Hall–Kier alpha value is -2.28. The Morgan fingerprint density at radius 1 is 1.04 bits per heavy atom. The summed E-state index contributed by atoms with van der Waals surface area (Å²) in [7, 11) is 0. The van der Waals surface area contributed by atoms with Crippen LogP contribution in [0.15, 0.2) is 47.6 Å². The Balaban J connectivity index is 1.68. The minimum absolute atomic E-state index is 0.229. The minimum Gasteiger partial charge on any atom is -0.299 e. The second-order valence-corrected chi connectivity index (χ2v) is 7.62. The molecule has 1 fully saturated rings. The lowest BCUT2D eigenvalue weighted by atomic mass is 10.1. The molecule has 0 spiro atoms. The number of benzene rings is 2. The van der Waals surface area contributed by atoms with Crippen LogP contribution < -0.4 is 0 Å². The number of thioether (sulfide) groups is 1. The molecule has 26 heavy (non-hydrogen) atoms. The van der Waals surface area contributed by atoms with Crippen molar-refractivity contribution in [2.45, 2.75) is 36.2 Å². The monoisotopic (exact) mass is 375 g/mol. The average Bonchev–Trinajstić information content (AvgIpc) is 3.36. The third kappa shape index (κ3) is 3.23. The zero-order valence-corrected chi connectivity index (χ0v) is 14.8. The van der Waals surface area contributed by atoms with E-state index in [0.29, 0.717) is 22.1 Å². The Bertz CT molecular complexity index is 953. The molecule has 0 aliphatic heterocycles. The van der Waals surface area contributed by atoms with Gasteiger partial charge in [0.25, 0.3) is 0 Å². The van der Waals surface area contributed by atoms with Crippen LogP contribution >= 0.6 is 11.8 Å². The van der Waals surface area contributed by atoms with Gasteiger partial charge in [-0.1, -0.05) is 30.0 Å². The van der Waals surface area contributed by atoms with Crippen molar-refractivity contribution < 1.29 is 13.2 Å². The number of hydrogen-bond donors (Lipinski definition) is 0. The molecule has 1 saturated carbocycles. The number of aromatic nitrogens is 3. The maximum absolute atomic E-state index is 14.2. The summed E-state index contributed by atoms with van der Waals surface area (Å²) in [6, 6.07) is 10.2. The molecule has 3 nitrogen and oxygen atoms in total. The van der Waals surface area contributed by atoms with Crippen molar-refractivity contribution in [3.05, 3.63) is 65.5 Å². The molecule has 2 aromatic carbocycles. The number of nitrogens with zero attached hydrogens (tertiary/aromatic N) is 3. The lowest BCUT2D eigenvalue weighted by Crippen LogP contribution is -2.02. The molecule has 134 valence electrons. The van der Waals surface area contributed by atoms with Crippen LogP contribution in [0.2, 0.25) is 0 Å². The summed E-state index contributed by atoms with van der Waals surface area (Å²) >= 11 is 1.34. The lowest BCUT2D eigenvalue weighted by Gasteiger charge is -2.14. The number of rotatable bonds is 5. The smallest absolute Gasteiger partial charge is 0.192 e. The van der Waals surface area contributed by atoms with E-state index in [-0.39, 0.29) is 17.1 Å². The predicted octanol–water partition coefficient (Wildman–Crippen LogP) is 5.55. The van der Waals surface area contributed by atoms with Crippen LogP contribution in [0.5, 0.6) is 0 Å². The van der Waals surface area contributed by atoms with Gasteiger partial charge in [-0.25, -0.2) is 13.2 Å². The van der Waals surface area contributed by atoms with Crippen LogP contribution in [-0.4, -0.2) is 14.8 Å². The molecule has 0 radical (unpaired) electrons. The van der Waals surface area contributed by atoms with E-state index in [1.54, 1.807) is 18.2 Å². The Kier molecular flexibility index (Phi) is 4.48. The van der Waals surface area contributed by atoms with Gasteiger partial charge in [0.1, 0.15) is 17.5 Å². The molecule has 1 aliphatic rings. The van der Waals surface area contributed by atoms with Crippen molar-refractivity contribution in [1.29, 1.82) is 0 Å². The summed E-state index contributed by atoms with van der Waals surface area (Å²) in [6.45, 7) is 1.83. The van der Waals surface area contributed by atoms with Crippen LogP contribution in [0.25, 0.3) is 11.4 Å². The van der Waals surface area contributed by atoms with E-state index in [0.717, 1.165) is 18.9 Å². The fourth-order valence-corrected chi connectivity index (χ4v) is 3.97. The van der Waals surface area contributed by atoms with Crippen molar-refractivity contribution in [2.75, 3.05) is 0 Å². The summed E-state index contributed by atoms with van der Waals surface area (Å²) in [6.07, 6.45) is 1.96. The van der Waals surface area contributed by atoms with E-state index in [2.05, 4.69) is 10.2 Å². The number of halogens is 3. The summed E-state index contributed by atoms with van der Waals surface area (Å²) in [5.41, 5.74) is 0.800. The first kappa shape index (κ1) is 17.1. The highest BCUT2D eigenvalue weighted by Crippen LogP contribution is 2.44. The molecule has 7 heteroatoms. The summed E-state index contributed by atoms with van der Waals surface area (Å²) in [5, 5.41) is 8.74. The molecular weight excluding hydrogens is 359 g/mol. The fraction of sp³-hybridized carbons (Fsp3) is 0.263. The molecule has 1 atom stereocenters. The quantitative estimate of drug-likeness (QED) is 0.548. The van der Waals surface area contributed by atoms with E-state index >= 15 is 0 Å². The summed E-state index contributed by atoms with van der Waals surface area (Å²) in [5.74, 6) is -1.06. The SMILES string of the molecule is CC(Sc1nnc(-c2ccccc2F)n1C1CC1)c1ccc(F)cc1F. The zero-order valence-electron chi connectivity index (χ0n) is 14.0. The molecule has 4 rings (SSSR count). The highest BCUT2D eigenvalue weighted by Gasteiger charge is 2.31. The van der Waals surface area contributed by atoms with Crippen LogP contribution in [0.4, 0.5) is 13.2 Å². The van der Waals surface area contributed by atoms with Crippen LogP contribution in [-0.2, 0) is 0 Å². The first-order valence-electron chi connectivity index (χ1n) is 8.36. The van der Waals surface area contributed by atoms with E-state index in [4.69, 9.17) is 0 Å². The van der Waals surface area contributed by atoms with Gasteiger partial charge in [0, 0.05) is 22.9 Å². The normalized spacial score (nSPS) is 15.2. The maximum atomic E-state index is 14.2. The molecular formula is C19H16F3N3S. The second kappa shape index (κ2) is 6.79. The second-order valence-electron chi connectivity index (χ2n) is 6.31. The molecule has 1 aliphatic carbocycles. The van der Waals surface area contributed by atoms with Gasteiger partial charge in [0.15, 0.2) is 11.0 Å². The van der Waals surface area contributed by atoms with Gasteiger partial charge < -0.3 is 0 Å². The van der Waals surface area contributed by atoms with Gasteiger partial charge >= 0.3 is 0 Å². The van der Waals surface area contributed by atoms with E-state index in [9.17, 15) is 13.2 Å². The molecule has 0 saturated heterocycles. The van der Waals surface area contributed by atoms with E-state index in [1.807, 2.05) is 11.5 Å². The van der Waals surface area contributed by atoms with Gasteiger partial charge in [-0.2, -0.15) is 0 Å². The average molecular weight is 375 g/mol. The van der Waals surface area contributed by atoms with Crippen molar-refractivity contribution in [3.63, 3.8) is 0 Å². The summed E-state index contributed by atoms with van der Waals surface area (Å²) in [4.78, 5) is 0. The molecule has 0 amide bonds. The maximum Gasteiger partial charge on any atom is 0.192 e. The topological polar surface area (TPSA) is 30.7 Å². The molecule has 1 unspecified atom stereocenters. The number of hydrogen-bond acceptors (Lipinski definition) is 3. The molecule has 0 N–H and O–H groups in total. The van der Waals surface area contributed by atoms with Crippen molar-refractivity contribution in [1.82, 2.24) is 14.8 Å². The Morgan fingerprint density at radius 2 is 1.81 bits per heavy atom. The standard InChI is InChI=1S/C19H16F3N3S/c1-11(14-9-6-12(20)10-17(14)22)26-19-24-23-18(25(19)13-7-8-13)15-4-2-3-5-16(15)21/h2-6,9-11,13H,7-8H2,1H3. The van der Waals surface area contributed by atoms with Crippen molar-refractivity contribution >= 4 is 11.8 Å². The first-order chi connectivity index (χ1) is 12.5. The predicted molar refractivity (Wildman–Crippen MR) is 94.3 cm³/mol. The third-order valence-electron chi connectivity index (χ3n) is 4.37. The van der Waals surface area contributed by atoms with Gasteiger partial charge in [-0.15, -0.1) is 10.2 Å². The van der Waals surface area contributed by atoms with Gasteiger partial charge in [0.05, 0.1) is 5.56 Å². The van der Waals surface area contributed by atoms with E-state index in [1.165, 1.54) is 30.0 Å². The Morgan fingerprint density at radius 3 is 2.50 bits per heavy atom. The minimum atomic E-state index is -0.605. The zero-order chi connectivity index (χ0) is 18.3. The summed E-state index contributed by atoms with van der Waals surface area (Å²) < 4.78 is 43.3. The van der Waals surface area contributed by atoms with Crippen LogP contribution in [0.3, 0.4) is 0 Å². The first-order valence-corrected chi connectivity index (χ1v) is 9.24. The van der Waals surface area contributed by atoms with Crippen LogP contribution in [0.1, 0.15) is 36.6 Å². The van der Waals surface area contributed by atoms with Gasteiger partial charge in [-0.3, -0.25) is 4.57 Å². The third-order valence-corrected chi connectivity index (χ3v) is 5.47. The van der Waals surface area contributed by atoms with Crippen molar-refractivity contribution in [2.24, 2.45) is 0 Å². The molecule has 3 aromatic rings. The largest absolute Gasteiger partial charge is 0.299 e. The van der Waals surface area contributed by atoms with Crippen LogP contribution in [0, 0.1) is 17.5 Å². The lowest BCUT2D eigenvalue weighted by molar-refractivity contribution is 0.572. The molecule has 1 aromatic heterocycles. The van der Waals surface area contributed by atoms with Gasteiger partial charge in [-0.05, 0) is 38.0 Å².